The number of fused-ring (bicyclic) bond motifs is 2. The average Bonchev–Trinajstić information content (AvgIpc) is 2.44. The SMILES string of the molecule is COC(=O)C1=C(O)C[C@@H]2CC(=O)[C@H](C)[C@H]1C2(OC)OC. The minimum absolute atomic E-state index is 0.0316. The van der Waals surface area contributed by atoms with E-state index < -0.39 is 23.6 Å². The maximum atomic E-state index is 12.1. The van der Waals surface area contributed by atoms with Gasteiger partial charge in [-0.05, 0) is 0 Å². The Hall–Kier alpha value is -1.40. The Morgan fingerprint density at radius 2 is 1.85 bits per heavy atom. The lowest BCUT2D eigenvalue weighted by Crippen LogP contribution is -2.60. The van der Waals surface area contributed by atoms with Crippen LogP contribution in [0.1, 0.15) is 19.8 Å². The number of carbonyl (C=O) groups is 2. The van der Waals surface area contributed by atoms with Crippen LogP contribution in [0.2, 0.25) is 0 Å². The topological polar surface area (TPSA) is 82.1 Å². The number of hydrogen-bond acceptors (Lipinski definition) is 6. The van der Waals surface area contributed by atoms with E-state index in [2.05, 4.69) is 0 Å². The second-order valence-electron chi connectivity index (χ2n) is 5.32. The standard InChI is InChI=1S/C14H20O6/c1-7-9(15)5-8-6-10(16)11(13(17)18-2)12(7)14(8,19-3)20-4/h7-8,12,16H,5-6H2,1-4H3/t7-,8-,12+/m0/s1. The predicted octanol–water partition coefficient (Wildman–Crippen LogP) is 1.21. The highest BCUT2D eigenvalue weighted by Crippen LogP contribution is 2.52. The molecule has 6 nitrogen and oxygen atoms in total. The summed E-state index contributed by atoms with van der Waals surface area (Å²) in [5.74, 6) is -3.17. The molecule has 6 heteroatoms. The Morgan fingerprint density at radius 3 is 2.35 bits per heavy atom. The van der Waals surface area contributed by atoms with Crippen molar-refractivity contribution in [2.45, 2.75) is 25.6 Å². The van der Waals surface area contributed by atoms with Gasteiger partial charge in [0.2, 0.25) is 0 Å². The minimum Gasteiger partial charge on any atom is -0.512 e. The summed E-state index contributed by atoms with van der Waals surface area (Å²) in [7, 11) is 4.22. The lowest BCUT2D eigenvalue weighted by molar-refractivity contribution is -0.285. The van der Waals surface area contributed by atoms with Crippen molar-refractivity contribution in [1.82, 2.24) is 0 Å². The molecule has 0 heterocycles. The Bertz CT molecular complexity index is 462. The zero-order chi connectivity index (χ0) is 15.1. The monoisotopic (exact) mass is 284 g/mol. The molecular weight excluding hydrogens is 264 g/mol. The van der Waals surface area contributed by atoms with Crippen molar-refractivity contribution >= 4 is 11.8 Å². The summed E-state index contributed by atoms with van der Waals surface area (Å²) in [4.78, 5) is 24.1. The highest BCUT2D eigenvalue weighted by atomic mass is 16.7. The molecule has 112 valence electrons. The van der Waals surface area contributed by atoms with Crippen molar-refractivity contribution in [3.8, 4) is 0 Å². The summed E-state index contributed by atoms with van der Waals surface area (Å²) < 4.78 is 15.9. The third kappa shape index (κ3) is 1.86. The van der Waals surface area contributed by atoms with Gasteiger partial charge in [0.05, 0.1) is 18.6 Å². The molecule has 2 rings (SSSR count). The molecule has 0 amide bonds. The number of rotatable bonds is 3. The quantitative estimate of drug-likeness (QED) is 0.619. The predicted molar refractivity (Wildman–Crippen MR) is 68.8 cm³/mol. The first-order valence-electron chi connectivity index (χ1n) is 6.56. The smallest absolute Gasteiger partial charge is 0.337 e. The largest absolute Gasteiger partial charge is 0.512 e. The summed E-state index contributed by atoms with van der Waals surface area (Å²) >= 11 is 0. The van der Waals surface area contributed by atoms with Crippen LogP contribution in [0.3, 0.4) is 0 Å². The van der Waals surface area contributed by atoms with Crippen LogP contribution in [0.15, 0.2) is 11.3 Å². The van der Waals surface area contributed by atoms with Crippen LogP contribution in [-0.2, 0) is 23.8 Å². The number of ketones is 1. The maximum absolute atomic E-state index is 12.1. The molecule has 0 saturated heterocycles. The van der Waals surface area contributed by atoms with E-state index in [0.29, 0.717) is 0 Å². The van der Waals surface area contributed by atoms with Gasteiger partial charge in [-0.2, -0.15) is 0 Å². The maximum Gasteiger partial charge on any atom is 0.337 e. The zero-order valence-corrected chi connectivity index (χ0v) is 12.1. The van der Waals surface area contributed by atoms with E-state index in [9.17, 15) is 14.7 Å². The molecule has 1 fully saturated rings. The molecule has 0 unspecified atom stereocenters. The number of allylic oxidation sites excluding steroid dienone is 1. The van der Waals surface area contributed by atoms with Crippen molar-refractivity contribution in [3.63, 3.8) is 0 Å². The van der Waals surface area contributed by atoms with Crippen molar-refractivity contribution < 1.29 is 28.9 Å². The molecule has 3 atom stereocenters. The second kappa shape index (κ2) is 5.18. The molecule has 0 aromatic rings. The zero-order valence-electron chi connectivity index (χ0n) is 12.1. The molecule has 2 aliphatic rings. The van der Waals surface area contributed by atoms with E-state index >= 15 is 0 Å². The number of aliphatic hydroxyl groups is 1. The number of esters is 1. The summed E-state index contributed by atoms with van der Waals surface area (Å²) in [5.41, 5.74) is 0.0907. The van der Waals surface area contributed by atoms with Gasteiger partial charge in [-0.3, -0.25) is 4.79 Å². The van der Waals surface area contributed by atoms with E-state index in [1.165, 1.54) is 21.3 Å². The summed E-state index contributed by atoms with van der Waals surface area (Å²) in [6.45, 7) is 1.72. The van der Waals surface area contributed by atoms with Gasteiger partial charge >= 0.3 is 5.97 Å². The van der Waals surface area contributed by atoms with Crippen molar-refractivity contribution in [2.24, 2.45) is 17.8 Å². The first-order chi connectivity index (χ1) is 9.42. The molecule has 0 aromatic heterocycles. The van der Waals surface area contributed by atoms with Gasteiger partial charge < -0.3 is 19.3 Å². The first-order valence-corrected chi connectivity index (χ1v) is 6.56. The fraction of sp³-hybridized carbons (Fsp3) is 0.714. The van der Waals surface area contributed by atoms with E-state index in [0.717, 1.165) is 0 Å². The van der Waals surface area contributed by atoms with Crippen LogP contribution < -0.4 is 0 Å². The third-order valence-electron chi connectivity index (χ3n) is 4.56. The van der Waals surface area contributed by atoms with Crippen LogP contribution in [0.5, 0.6) is 0 Å². The molecule has 2 aliphatic carbocycles. The molecular formula is C14H20O6. The number of Topliss-reactive ketones (excluding diaryl/α,β-unsaturated/α-hetero) is 1. The number of hydrogen-bond donors (Lipinski definition) is 1. The van der Waals surface area contributed by atoms with E-state index in [1.807, 2.05) is 0 Å². The Morgan fingerprint density at radius 1 is 1.25 bits per heavy atom. The normalized spacial score (nSPS) is 32.2. The fourth-order valence-electron chi connectivity index (χ4n) is 3.57. The van der Waals surface area contributed by atoms with Gasteiger partial charge in [0, 0.05) is 38.9 Å². The van der Waals surface area contributed by atoms with Crippen LogP contribution >= 0.6 is 0 Å². The van der Waals surface area contributed by atoms with Crippen LogP contribution in [0.4, 0.5) is 0 Å². The third-order valence-corrected chi connectivity index (χ3v) is 4.56. The molecule has 20 heavy (non-hydrogen) atoms. The Kier molecular flexibility index (Phi) is 3.88. The summed E-state index contributed by atoms with van der Waals surface area (Å²) in [5, 5.41) is 10.2. The van der Waals surface area contributed by atoms with Gasteiger partial charge in [-0.1, -0.05) is 6.92 Å². The van der Waals surface area contributed by atoms with Gasteiger partial charge in [-0.15, -0.1) is 0 Å². The number of methoxy groups -OCH3 is 3. The van der Waals surface area contributed by atoms with Crippen molar-refractivity contribution in [2.75, 3.05) is 21.3 Å². The van der Waals surface area contributed by atoms with Gasteiger partial charge in [-0.25, -0.2) is 4.79 Å². The molecule has 2 bridgehead atoms. The molecule has 0 aliphatic heterocycles. The number of aliphatic hydroxyl groups excluding tert-OH is 1. The first kappa shape index (κ1) is 15.0. The van der Waals surface area contributed by atoms with Crippen LogP contribution in [-0.4, -0.2) is 44.0 Å². The van der Waals surface area contributed by atoms with Gasteiger partial charge in [0.15, 0.2) is 5.79 Å². The fourth-order valence-corrected chi connectivity index (χ4v) is 3.57. The number of ether oxygens (including phenoxy) is 3. The molecule has 1 N–H and O–H groups in total. The minimum atomic E-state index is -1.08. The van der Waals surface area contributed by atoms with Crippen molar-refractivity contribution in [3.05, 3.63) is 11.3 Å². The van der Waals surface area contributed by atoms with Crippen molar-refractivity contribution in [1.29, 1.82) is 0 Å². The van der Waals surface area contributed by atoms with Crippen LogP contribution in [0.25, 0.3) is 0 Å². The number of carbonyl (C=O) groups excluding carboxylic acids is 2. The lowest BCUT2D eigenvalue weighted by atomic mass is 9.61. The Balaban J connectivity index is 2.61. The van der Waals surface area contributed by atoms with E-state index in [-0.39, 0.29) is 35.9 Å². The Labute approximate surface area is 117 Å². The van der Waals surface area contributed by atoms with E-state index in [4.69, 9.17) is 14.2 Å². The average molecular weight is 284 g/mol. The summed E-state index contributed by atoms with van der Waals surface area (Å²) in [6.07, 6.45) is 0.429. The molecule has 0 spiro atoms. The van der Waals surface area contributed by atoms with Gasteiger partial charge in [0.1, 0.15) is 11.5 Å². The highest BCUT2D eigenvalue weighted by molar-refractivity contribution is 5.93. The highest BCUT2D eigenvalue weighted by Gasteiger charge is 2.60. The summed E-state index contributed by atoms with van der Waals surface area (Å²) in [6, 6.07) is 0. The molecule has 0 aromatic carbocycles. The second-order valence-corrected chi connectivity index (χ2v) is 5.32. The van der Waals surface area contributed by atoms with Crippen LogP contribution in [0, 0.1) is 17.8 Å². The lowest BCUT2D eigenvalue weighted by Gasteiger charge is -2.52. The molecule has 0 radical (unpaired) electrons. The molecule has 1 saturated carbocycles. The van der Waals surface area contributed by atoms with E-state index in [1.54, 1.807) is 6.92 Å². The van der Waals surface area contributed by atoms with Gasteiger partial charge in [0.25, 0.3) is 0 Å².